The first kappa shape index (κ1) is 11.4. The van der Waals surface area contributed by atoms with Crippen molar-refractivity contribution in [3.8, 4) is 6.07 Å². The van der Waals surface area contributed by atoms with Crippen molar-refractivity contribution < 1.29 is 4.79 Å². The molecule has 2 rings (SSSR count). The lowest BCUT2D eigenvalue weighted by Gasteiger charge is -2.23. The number of nitriles is 1. The fraction of sp³-hybridized carbons (Fsp3) is 0.846. The Labute approximate surface area is 97.2 Å². The number of nitrogens with zero attached hydrogens (tertiary/aromatic N) is 1. The fourth-order valence-corrected chi connectivity index (χ4v) is 3.25. The van der Waals surface area contributed by atoms with Gasteiger partial charge in [-0.2, -0.15) is 5.26 Å². The Morgan fingerprint density at radius 2 is 2.31 bits per heavy atom. The highest BCUT2D eigenvalue weighted by Crippen LogP contribution is 2.44. The molecule has 2 bridgehead atoms. The van der Waals surface area contributed by atoms with Gasteiger partial charge in [0.15, 0.2) is 0 Å². The van der Waals surface area contributed by atoms with Crippen molar-refractivity contribution in [1.82, 2.24) is 5.32 Å². The van der Waals surface area contributed by atoms with E-state index in [1.165, 1.54) is 19.3 Å². The molecule has 0 aromatic rings. The van der Waals surface area contributed by atoms with Gasteiger partial charge in [-0.1, -0.05) is 19.8 Å². The molecule has 2 aliphatic carbocycles. The van der Waals surface area contributed by atoms with E-state index in [2.05, 4.69) is 11.4 Å². The monoisotopic (exact) mass is 220 g/mol. The Bertz CT molecular complexity index is 308. The fourth-order valence-electron chi connectivity index (χ4n) is 3.25. The van der Waals surface area contributed by atoms with Gasteiger partial charge in [-0.3, -0.25) is 4.79 Å². The second-order valence-corrected chi connectivity index (χ2v) is 5.26. The third-order valence-corrected chi connectivity index (χ3v) is 4.12. The van der Waals surface area contributed by atoms with Crippen molar-refractivity contribution in [2.45, 2.75) is 51.5 Å². The number of carbonyl (C=O) groups is 1. The molecule has 0 aromatic heterocycles. The summed E-state index contributed by atoms with van der Waals surface area (Å²) in [5, 5.41) is 12.0. The highest BCUT2D eigenvalue weighted by Gasteiger charge is 2.40. The zero-order valence-corrected chi connectivity index (χ0v) is 9.91. The largest absolute Gasteiger partial charge is 0.352 e. The van der Waals surface area contributed by atoms with Crippen LogP contribution in [0.1, 0.15) is 45.4 Å². The van der Waals surface area contributed by atoms with Crippen molar-refractivity contribution in [3.63, 3.8) is 0 Å². The number of nitrogens with one attached hydrogen (secondary N) is 1. The summed E-state index contributed by atoms with van der Waals surface area (Å²) in [6.45, 7) is 2.01. The lowest BCUT2D eigenvalue weighted by Crippen LogP contribution is -2.41. The van der Waals surface area contributed by atoms with Gasteiger partial charge in [-0.15, -0.1) is 0 Å². The molecule has 0 aromatic carbocycles. The number of rotatable bonds is 4. The molecule has 2 aliphatic rings. The lowest BCUT2D eigenvalue weighted by molar-refractivity contribution is -0.124. The summed E-state index contributed by atoms with van der Waals surface area (Å²) in [4.78, 5) is 11.9. The van der Waals surface area contributed by atoms with Crippen LogP contribution in [0.2, 0.25) is 0 Å². The van der Waals surface area contributed by atoms with Crippen molar-refractivity contribution in [2.24, 2.45) is 17.8 Å². The summed E-state index contributed by atoms with van der Waals surface area (Å²) in [7, 11) is 0. The molecule has 0 spiro atoms. The minimum atomic E-state index is -0.441. The quantitative estimate of drug-likeness (QED) is 0.790. The van der Waals surface area contributed by atoms with E-state index >= 15 is 0 Å². The second-order valence-electron chi connectivity index (χ2n) is 5.26. The van der Waals surface area contributed by atoms with E-state index in [0.717, 1.165) is 18.8 Å². The highest BCUT2D eigenvalue weighted by molar-refractivity contribution is 5.81. The molecule has 1 N–H and O–H groups in total. The first-order valence-electron chi connectivity index (χ1n) is 6.44. The minimum Gasteiger partial charge on any atom is -0.352 e. The van der Waals surface area contributed by atoms with Crippen LogP contribution in [0.15, 0.2) is 0 Å². The van der Waals surface area contributed by atoms with Gasteiger partial charge in [-0.05, 0) is 37.5 Å². The molecule has 88 valence electrons. The molecular weight excluding hydrogens is 200 g/mol. The molecular formula is C13H20N2O. The number of amides is 1. The standard InChI is InChI=1S/C13H20N2O/c1-2-3-11(8-14)13(16)15-12-7-9-4-5-10(12)6-9/h9-12H,2-7H2,1H3,(H,15,16). The van der Waals surface area contributed by atoms with Gasteiger partial charge >= 0.3 is 0 Å². The van der Waals surface area contributed by atoms with Crippen molar-refractivity contribution in [1.29, 1.82) is 5.26 Å². The molecule has 0 radical (unpaired) electrons. The zero-order valence-electron chi connectivity index (χ0n) is 9.91. The van der Waals surface area contributed by atoms with Crippen LogP contribution >= 0.6 is 0 Å². The van der Waals surface area contributed by atoms with Gasteiger partial charge in [0.05, 0.1) is 6.07 Å². The van der Waals surface area contributed by atoms with E-state index in [0.29, 0.717) is 18.4 Å². The first-order chi connectivity index (χ1) is 7.74. The topological polar surface area (TPSA) is 52.9 Å². The van der Waals surface area contributed by atoms with E-state index < -0.39 is 5.92 Å². The highest BCUT2D eigenvalue weighted by atomic mass is 16.1. The molecule has 4 atom stereocenters. The lowest BCUT2D eigenvalue weighted by atomic mass is 9.94. The summed E-state index contributed by atoms with van der Waals surface area (Å²) in [6.07, 6.45) is 6.61. The molecule has 16 heavy (non-hydrogen) atoms. The Hall–Kier alpha value is -1.04. The molecule has 0 heterocycles. The number of carbonyl (C=O) groups excluding carboxylic acids is 1. The molecule has 2 fully saturated rings. The maximum Gasteiger partial charge on any atom is 0.237 e. The van der Waals surface area contributed by atoms with Crippen LogP contribution in [0.4, 0.5) is 0 Å². The van der Waals surface area contributed by atoms with Gasteiger partial charge in [0.25, 0.3) is 0 Å². The van der Waals surface area contributed by atoms with Gasteiger partial charge in [0.2, 0.25) is 5.91 Å². The van der Waals surface area contributed by atoms with Gasteiger partial charge < -0.3 is 5.32 Å². The van der Waals surface area contributed by atoms with Gasteiger partial charge in [0.1, 0.15) is 5.92 Å². The molecule has 0 saturated heterocycles. The van der Waals surface area contributed by atoms with Crippen LogP contribution in [-0.2, 0) is 4.79 Å². The Kier molecular flexibility index (Phi) is 3.48. The van der Waals surface area contributed by atoms with Crippen LogP contribution in [0.5, 0.6) is 0 Å². The molecule has 1 amide bonds. The van der Waals surface area contributed by atoms with Crippen LogP contribution < -0.4 is 5.32 Å². The van der Waals surface area contributed by atoms with E-state index in [1.807, 2.05) is 6.92 Å². The van der Waals surface area contributed by atoms with E-state index in [9.17, 15) is 4.79 Å². The van der Waals surface area contributed by atoms with Crippen LogP contribution in [-0.4, -0.2) is 11.9 Å². The predicted molar refractivity (Wildman–Crippen MR) is 61.4 cm³/mol. The molecule has 3 nitrogen and oxygen atoms in total. The summed E-state index contributed by atoms with van der Waals surface area (Å²) in [6, 6.07) is 2.47. The van der Waals surface area contributed by atoms with Crippen molar-refractivity contribution in [3.05, 3.63) is 0 Å². The second kappa shape index (κ2) is 4.86. The number of hydrogen-bond acceptors (Lipinski definition) is 2. The van der Waals surface area contributed by atoms with Crippen LogP contribution in [0.3, 0.4) is 0 Å². The zero-order chi connectivity index (χ0) is 11.5. The Morgan fingerprint density at radius 1 is 1.50 bits per heavy atom. The summed E-state index contributed by atoms with van der Waals surface area (Å²) < 4.78 is 0. The number of hydrogen-bond donors (Lipinski definition) is 1. The summed E-state index contributed by atoms with van der Waals surface area (Å²) in [5.74, 6) is 1.04. The Morgan fingerprint density at radius 3 is 2.81 bits per heavy atom. The summed E-state index contributed by atoms with van der Waals surface area (Å²) in [5.41, 5.74) is 0. The van der Waals surface area contributed by atoms with Crippen molar-refractivity contribution in [2.75, 3.05) is 0 Å². The van der Waals surface area contributed by atoms with Crippen LogP contribution in [0.25, 0.3) is 0 Å². The Balaban J connectivity index is 1.85. The minimum absolute atomic E-state index is 0.0399. The first-order valence-corrected chi connectivity index (χ1v) is 6.44. The van der Waals surface area contributed by atoms with Crippen molar-refractivity contribution >= 4 is 5.91 Å². The van der Waals surface area contributed by atoms with E-state index in [-0.39, 0.29) is 5.91 Å². The predicted octanol–water partition coefficient (Wildman–Crippen LogP) is 2.23. The summed E-state index contributed by atoms with van der Waals surface area (Å²) >= 11 is 0. The average molecular weight is 220 g/mol. The van der Waals surface area contributed by atoms with E-state index in [4.69, 9.17) is 5.26 Å². The van der Waals surface area contributed by atoms with Crippen LogP contribution in [0, 0.1) is 29.1 Å². The molecule has 4 unspecified atom stereocenters. The maximum absolute atomic E-state index is 11.9. The van der Waals surface area contributed by atoms with E-state index in [1.54, 1.807) is 0 Å². The average Bonchev–Trinajstić information content (AvgIpc) is 2.87. The molecule has 0 aliphatic heterocycles. The maximum atomic E-state index is 11.9. The molecule has 3 heteroatoms. The smallest absolute Gasteiger partial charge is 0.237 e. The van der Waals surface area contributed by atoms with Gasteiger partial charge in [-0.25, -0.2) is 0 Å². The number of fused-ring (bicyclic) bond motifs is 2. The SMILES string of the molecule is CCCC(C#N)C(=O)NC1CC2CCC1C2. The third kappa shape index (κ3) is 2.21. The third-order valence-electron chi connectivity index (χ3n) is 4.12. The normalized spacial score (nSPS) is 33.4. The molecule has 2 saturated carbocycles. The van der Waals surface area contributed by atoms with Gasteiger partial charge in [0, 0.05) is 6.04 Å².